The van der Waals surface area contributed by atoms with Gasteiger partial charge in [-0.1, -0.05) is 30.7 Å². The number of hydrogen-bond donors (Lipinski definition) is 3. The Morgan fingerprint density at radius 3 is 2.59 bits per heavy atom. The van der Waals surface area contributed by atoms with Crippen LogP contribution < -0.4 is 0 Å². The maximum absolute atomic E-state index is 13.3. The first kappa shape index (κ1) is 19.7. The van der Waals surface area contributed by atoms with Crippen LogP contribution in [0, 0.1) is 5.82 Å². The minimum Gasteiger partial charge on any atom is -0.480 e. The Kier molecular flexibility index (Phi) is 5.50. The Morgan fingerprint density at radius 1 is 1.33 bits per heavy atom. The predicted octanol–water partition coefficient (Wildman–Crippen LogP) is 3.66. The molecule has 2 heterocycles. The van der Waals surface area contributed by atoms with Crippen LogP contribution in [0.15, 0.2) is 30.5 Å². The molecule has 0 aliphatic heterocycles. The molecule has 3 N–H and O–H groups in total. The van der Waals surface area contributed by atoms with E-state index < -0.39 is 25.7 Å². The molecular formula is C16H16ClFN3O5P. The lowest BCUT2D eigenvalue weighted by molar-refractivity contribution is 0.164. The highest BCUT2D eigenvalue weighted by Gasteiger charge is 2.25. The lowest BCUT2D eigenvalue weighted by Crippen LogP contribution is -2.14. The molecule has 27 heavy (non-hydrogen) atoms. The maximum Gasteiger partial charge on any atom is 0.469 e. The van der Waals surface area contributed by atoms with Gasteiger partial charge in [-0.3, -0.25) is 9.09 Å². The van der Waals surface area contributed by atoms with Crippen molar-refractivity contribution in [3.63, 3.8) is 0 Å². The van der Waals surface area contributed by atoms with Gasteiger partial charge in [0, 0.05) is 11.8 Å². The molecule has 144 valence electrons. The van der Waals surface area contributed by atoms with Gasteiger partial charge in [-0.15, -0.1) is 0 Å². The number of phosphoric ester groups is 1. The van der Waals surface area contributed by atoms with Gasteiger partial charge < -0.3 is 14.9 Å². The molecule has 0 fully saturated rings. The fourth-order valence-electron chi connectivity index (χ4n) is 2.82. The number of hydrogen-bond acceptors (Lipinski definition) is 5. The van der Waals surface area contributed by atoms with Crippen molar-refractivity contribution in [2.75, 3.05) is 6.61 Å². The summed E-state index contributed by atoms with van der Waals surface area (Å²) in [6.45, 7) is 1.39. The van der Waals surface area contributed by atoms with E-state index in [9.17, 15) is 14.1 Å². The summed E-state index contributed by atoms with van der Waals surface area (Å²) in [4.78, 5) is 26.1. The average molecular weight is 416 g/mol. The van der Waals surface area contributed by atoms with Crippen molar-refractivity contribution >= 4 is 30.6 Å². The van der Waals surface area contributed by atoms with Crippen molar-refractivity contribution in [1.29, 1.82) is 0 Å². The Labute approximate surface area is 158 Å². The number of pyridine rings is 1. The first-order valence-electron chi connectivity index (χ1n) is 7.92. The molecule has 0 saturated heterocycles. The molecule has 1 atom stereocenters. The predicted molar refractivity (Wildman–Crippen MR) is 96.9 cm³/mol. The van der Waals surface area contributed by atoms with Gasteiger partial charge in [0.2, 0.25) is 0 Å². The topological polar surface area (TPSA) is 118 Å². The largest absolute Gasteiger partial charge is 0.480 e. The Bertz CT molecular complexity index is 1020. The molecule has 2 aromatic heterocycles. The summed E-state index contributed by atoms with van der Waals surface area (Å²) in [5, 5.41) is 10.6. The zero-order valence-corrected chi connectivity index (χ0v) is 15.7. The molecule has 1 aromatic carbocycles. The molecule has 3 rings (SSSR count). The van der Waals surface area contributed by atoms with Gasteiger partial charge in [0.25, 0.3) is 6.01 Å². The summed E-state index contributed by atoms with van der Waals surface area (Å²) in [5.41, 5.74) is 1.57. The number of fused-ring (bicyclic) bond motifs is 1. The third-order valence-corrected chi connectivity index (χ3v) is 4.83. The SMILES string of the molecule is CC[C@H](COP(=O)(O)O)n1c(O)nc2ncc(Cl)c(-c3ccc(F)cc3)c21. The van der Waals surface area contributed by atoms with Crippen molar-refractivity contribution in [2.24, 2.45) is 0 Å². The Balaban J connectivity index is 2.21. The molecule has 8 nitrogen and oxygen atoms in total. The quantitative estimate of drug-likeness (QED) is 0.526. The monoisotopic (exact) mass is 415 g/mol. The van der Waals surface area contributed by atoms with E-state index in [0.29, 0.717) is 23.1 Å². The van der Waals surface area contributed by atoms with Crippen LogP contribution in [-0.2, 0) is 9.09 Å². The van der Waals surface area contributed by atoms with E-state index in [-0.39, 0.29) is 17.3 Å². The number of benzene rings is 1. The summed E-state index contributed by atoms with van der Waals surface area (Å²) in [6, 6.07) is 4.54. The number of aromatic hydroxyl groups is 1. The minimum atomic E-state index is -4.69. The molecular weight excluding hydrogens is 400 g/mol. The van der Waals surface area contributed by atoms with Crippen LogP contribution in [-0.4, -0.2) is 36.0 Å². The van der Waals surface area contributed by atoms with Crippen molar-refractivity contribution in [2.45, 2.75) is 19.4 Å². The molecule has 0 amide bonds. The smallest absolute Gasteiger partial charge is 0.469 e. The molecule has 0 saturated carbocycles. The zero-order chi connectivity index (χ0) is 19.8. The van der Waals surface area contributed by atoms with Gasteiger partial charge in [0.15, 0.2) is 5.65 Å². The molecule has 0 radical (unpaired) electrons. The molecule has 0 unspecified atom stereocenters. The van der Waals surface area contributed by atoms with Gasteiger partial charge in [0.05, 0.1) is 17.7 Å². The van der Waals surface area contributed by atoms with Crippen molar-refractivity contribution < 1.29 is 28.4 Å². The zero-order valence-electron chi connectivity index (χ0n) is 14.1. The molecule has 3 aromatic rings. The summed E-state index contributed by atoms with van der Waals surface area (Å²) < 4.78 is 30.3. The second-order valence-electron chi connectivity index (χ2n) is 5.79. The van der Waals surface area contributed by atoms with Gasteiger partial charge in [-0.25, -0.2) is 13.9 Å². The van der Waals surface area contributed by atoms with E-state index in [1.165, 1.54) is 35.0 Å². The highest BCUT2D eigenvalue weighted by atomic mass is 35.5. The third kappa shape index (κ3) is 4.12. The second-order valence-corrected chi connectivity index (χ2v) is 7.44. The van der Waals surface area contributed by atoms with Gasteiger partial charge in [0.1, 0.15) is 11.3 Å². The first-order chi connectivity index (χ1) is 12.7. The Hall–Kier alpha value is -2.03. The van der Waals surface area contributed by atoms with Gasteiger partial charge >= 0.3 is 7.82 Å². The molecule has 0 aliphatic carbocycles. The first-order valence-corrected chi connectivity index (χ1v) is 9.83. The van der Waals surface area contributed by atoms with E-state index in [2.05, 4.69) is 14.5 Å². The highest BCUT2D eigenvalue weighted by molar-refractivity contribution is 7.46. The number of phosphoric acid groups is 1. The second kappa shape index (κ2) is 7.53. The highest BCUT2D eigenvalue weighted by Crippen LogP contribution is 2.41. The number of aromatic nitrogens is 3. The summed E-state index contributed by atoms with van der Waals surface area (Å²) >= 11 is 6.32. The third-order valence-electron chi connectivity index (χ3n) is 4.05. The van der Waals surface area contributed by atoms with E-state index >= 15 is 0 Å². The summed E-state index contributed by atoms with van der Waals surface area (Å²) in [5.74, 6) is -0.419. The van der Waals surface area contributed by atoms with Crippen LogP contribution in [0.1, 0.15) is 19.4 Å². The van der Waals surface area contributed by atoms with E-state index in [1.807, 2.05) is 0 Å². The molecule has 0 aliphatic rings. The van der Waals surface area contributed by atoms with Crippen molar-refractivity contribution in [1.82, 2.24) is 14.5 Å². The van der Waals surface area contributed by atoms with E-state index in [0.717, 1.165) is 0 Å². The van der Waals surface area contributed by atoms with E-state index in [1.54, 1.807) is 6.92 Å². The number of halogens is 2. The van der Waals surface area contributed by atoms with Crippen LogP contribution in [0.3, 0.4) is 0 Å². The molecule has 0 bridgehead atoms. The number of rotatable bonds is 6. The van der Waals surface area contributed by atoms with Crippen LogP contribution >= 0.6 is 19.4 Å². The van der Waals surface area contributed by atoms with Crippen molar-refractivity contribution in [3.05, 3.63) is 41.3 Å². The standard InChI is InChI=1S/C16H16ClFN3O5P/c1-2-11(8-26-27(23,24)25)21-14-13(9-3-5-10(18)6-4-9)12(17)7-19-15(14)20-16(21)22/h3-7,11H,2,8H2,1H3,(H,19,20,22)(H2,23,24,25)/t11-/m1/s1. The normalized spacial score (nSPS) is 13.2. The van der Waals surface area contributed by atoms with Crippen LogP contribution in [0.25, 0.3) is 22.3 Å². The van der Waals surface area contributed by atoms with Crippen molar-refractivity contribution in [3.8, 4) is 17.1 Å². The van der Waals surface area contributed by atoms with Crippen LogP contribution in [0.5, 0.6) is 6.01 Å². The lowest BCUT2D eigenvalue weighted by atomic mass is 10.1. The van der Waals surface area contributed by atoms with Gasteiger partial charge in [-0.05, 0) is 24.1 Å². The number of nitrogens with zero attached hydrogens (tertiary/aromatic N) is 3. The van der Waals surface area contributed by atoms with Gasteiger partial charge in [-0.2, -0.15) is 4.98 Å². The molecule has 11 heteroatoms. The Morgan fingerprint density at radius 2 is 2.00 bits per heavy atom. The van der Waals surface area contributed by atoms with Crippen LogP contribution in [0.4, 0.5) is 4.39 Å². The maximum atomic E-state index is 13.3. The van der Waals surface area contributed by atoms with Crippen LogP contribution in [0.2, 0.25) is 5.02 Å². The number of imidazole rings is 1. The summed E-state index contributed by atoms with van der Waals surface area (Å²) in [6.07, 6.45) is 1.74. The van der Waals surface area contributed by atoms with E-state index in [4.69, 9.17) is 21.4 Å². The molecule has 0 spiro atoms. The average Bonchev–Trinajstić information content (AvgIpc) is 2.92. The lowest BCUT2D eigenvalue weighted by Gasteiger charge is -2.20. The fourth-order valence-corrected chi connectivity index (χ4v) is 3.44. The summed E-state index contributed by atoms with van der Waals surface area (Å²) in [7, 11) is -4.69. The minimum absolute atomic E-state index is 0.186. The fraction of sp³-hybridized carbons (Fsp3) is 0.250.